The van der Waals surface area contributed by atoms with E-state index < -0.39 is 6.04 Å². The highest BCUT2D eigenvalue weighted by atomic mass is 16.2. The Kier molecular flexibility index (Phi) is 6.18. The smallest absolute Gasteiger partial charge is 0.245 e. The van der Waals surface area contributed by atoms with Crippen molar-refractivity contribution < 1.29 is 9.59 Å². The van der Waals surface area contributed by atoms with Crippen molar-refractivity contribution in [1.29, 1.82) is 0 Å². The number of carbonyl (C=O) groups excluding carboxylic acids is 2. The number of hydrogen-bond acceptors (Lipinski definition) is 3. The minimum absolute atomic E-state index is 0.00932. The molecule has 1 unspecified atom stereocenters. The van der Waals surface area contributed by atoms with E-state index in [0.29, 0.717) is 6.42 Å². The second-order valence-corrected chi connectivity index (χ2v) is 7.54. The van der Waals surface area contributed by atoms with Crippen LogP contribution in [-0.4, -0.2) is 40.8 Å². The number of amides is 2. The topological polar surface area (TPSA) is 62.3 Å². The van der Waals surface area contributed by atoms with Gasteiger partial charge in [0.2, 0.25) is 11.8 Å². The van der Waals surface area contributed by atoms with E-state index in [2.05, 4.69) is 10.3 Å². The number of aromatic nitrogens is 1. The Hall–Kier alpha value is -3.47. The molecule has 1 saturated heterocycles. The van der Waals surface area contributed by atoms with Gasteiger partial charge >= 0.3 is 0 Å². The van der Waals surface area contributed by atoms with Crippen molar-refractivity contribution in [3.63, 3.8) is 0 Å². The zero-order valence-corrected chi connectivity index (χ0v) is 16.8. The maximum atomic E-state index is 13.0. The second-order valence-electron chi connectivity index (χ2n) is 7.54. The number of benzene rings is 2. The predicted octanol–water partition coefficient (Wildman–Crippen LogP) is 3.60. The molecule has 4 rings (SSSR count). The standard InChI is InChI=1S/C25H25N3O2/c29-23(14-13-21-11-6-10-20-12-7-15-26-24(20)21)27-22(18-19-8-2-1-3-9-19)25(30)28-16-4-5-17-28/h1-3,6-15,22H,4-5,16-18H2,(H,27,29)/b14-13+. The molecule has 0 radical (unpaired) electrons. The summed E-state index contributed by atoms with van der Waals surface area (Å²) < 4.78 is 0. The summed E-state index contributed by atoms with van der Waals surface area (Å²) in [6.07, 6.45) is 7.50. The molecule has 0 aliphatic carbocycles. The fourth-order valence-electron chi connectivity index (χ4n) is 3.86. The summed E-state index contributed by atoms with van der Waals surface area (Å²) in [5, 5.41) is 3.94. The van der Waals surface area contributed by atoms with Crippen molar-refractivity contribution in [3.05, 3.63) is 84.1 Å². The fourth-order valence-corrected chi connectivity index (χ4v) is 3.86. The van der Waals surface area contributed by atoms with E-state index >= 15 is 0 Å². The van der Waals surface area contributed by atoms with Crippen LogP contribution < -0.4 is 5.32 Å². The van der Waals surface area contributed by atoms with Crippen LogP contribution in [0, 0.1) is 0 Å². The summed E-state index contributed by atoms with van der Waals surface area (Å²) in [4.78, 5) is 32.0. The number of rotatable bonds is 6. The number of fused-ring (bicyclic) bond motifs is 1. The molecule has 1 aliphatic heterocycles. The van der Waals surface area contributed by atoms with Gasteiger partial charge in [-0.3, -0.25) is 14.6 Å². The first kappa shape index (κ1) is 19.8. The predicted molar refractivity (Wildman–Crippen MR) is 119 cm³/mol. The maximum Gasteiger partial charge on any atom is 0.245 e. The van der Waals surface area contributed by atoms with Gasteiger partial charge in [-0.15, -0.1) is 0 Å². The minimum atomic E-state index is -0.576. The Morgan fingerprint density at radius 2 is 1.77 bits per heavy atom. The molecule has 2 heterocycles. The molecule has 1 fully saturated rings. The number of nitrogens with one attached hydrogen (secondary N) is 1. The molecule has 1 N–H and O–H groups in total. The summed E-state index contributed by atoms with van der Waals surface area (Å²) in [6.45, 7) is 1.52. The molecular weight excluding hydrogens is 374 g/mol. The number of pyridine rings is 1. The number of hydrogen-bond donors (Lipinski definition) is 1. The van der Waals surface area contributed by atoms with Crippen LogP contribution in [0.3, 0.4) is 0 Å². The van der Waals surface area contributed by atoms with Crippen LogP contribution in [0.25, 0.3) is 17.0 Å². The van der Waals surface area contributed by atoms with Crippen molar-refractivity contribution in [2.24, 2.45) is 0 Å². The third-order valence-electron chi connectivity index (χ3n) is 5.39. The van der Waals surface area contributed by atoms with Gasteiger partial charge in [0, 0.05) is 42.7 Å². The van der Waals surface area contributed by atoms with Crippen molar-refractivity contribution in [1.82, 2.24) is 15.2 Å². The molecule has 0 spiro atoms. The number of nitrogens with zero attached hydrogens (tertiary/aromatic N) is 2. The first-order valence-corrected chi connectivity index (χ1v) is 10.4. The summed E-state index contributed by atoms with van der Waals surface area (Å²) in [5.74, 6) is -0.290. The monoisotopic (exact) mass is 399 g/mol. The van der Waals surface area contributed by atoms with Gasteiger partial charge < -0.3 is 10.2 Å². The summed E-state index contributed by atoms with van der Waals surface area (Å²) in [7, 11) is 0. The van der Waals surface area contributed by atoms with E-state index in [1.54, 1.807) is 12.3 Å². The number of para-hydroxylation sites is 1. The fraction of sp³-hybridized carbons (Fsp3) is 0.240. The zero-order valence-electron chi connectivity index (χ0n) is 16.8. The number of carbonyl (C=O) groups is 2. The van der Waals surface area contributed by atoms with E-state index in [0.717, 1.165) is 48.0 Å². The van der Waals surface area contributed by atoms with E-state index in [1.807, 2.05) is 65.6 Å². The van der Waals surface area contributed by atoms with E-state index in [4.69, 9.17) is 0 Å². The molecule has 5 heteroatoms. The van der Waals surface area contributed by atoms with E-state index in [1.165, 1.54) is 6.08 Å². The Morgan fingerprint density at radius 3 is 2.57 bits per heavy atom. The number of likely N-dealkylation sites (tertiary alicyclic amines) is 1. The molecule has 3 aromatic rings. The molecule has 1 aliphatic rings. The normalized spacial score (nSPS) is 14.9. The average molecular weight is 399 g/mol. The Balaban J connectivity index is 1.50. The molecule has 2 amide bonds. The Bertz CT molecular complexity index is 1050. The van der Waals surface area contributed by atoms with Gasteiger partial charge in [0.05, 0.1) is 5.52 Å². The highest BCUT2D eigenvalue weighted by Crippen LogP contribution is 2.17. The Morgan fingerprint density at radius 1 is 1.00 bits per heavy atom. The molecular formula is C25H25N3O2. The molecule has 30 heavy (non-hydrogen) atoms. The van der Waals surface area contributed by atoms with Crippen LogP contribution in [0.4, 0.5) is 0 Å². The van der Waals surface area contributed by atoms with Crippen LogP contribution >= 0.6 is 0 Å². The SMILES string of the molecule is O=C(/C=C/c1cccc2cccnc12)NC(Cc1ccccc1)C(=O)N1CCCC1. The van der Waals surface area contributed by atoms with Gasteiger partial charge in [0.25, 0.3) is 0 Å². The van der Waals surface area contributed by atoms with Crippen molar-refractivity contribution >= 4 is 28.8 Å². The summed E-state index contributed by atoms with van der Waals surface area (Å²) in [5.41, 5.74) is 2.74. The second kappa shape index (κ2) is 9.35. The van der Waals surface area contributed by atoms with Crippen molar-refractivity contribution in [2.75, 3.05) is 13.1 Å². The molecule has 1 atom stereocenters. The van der Waals surface area contributed by atoms with Gasteiger partial charge in [0.15, 0.2) is 0 Å². The third kappa shape index (κ3) is 4.74. The van der Waals surface area contributed by atoms with Crippen LogP contribution in [0.2, 0.25) is 0 Å². The van der Waals surface area contributed by atoms with Crippen LogP contribution in [-0.2, 0) is 16.0 Å². The van der Waals surface area contributed by atoms with Gasteiger partial charge in [-0.2, -0.15) is 0 Å². The summed E-state index contributed by atoms with van der Waals surface area (Å²) in [6, 6.07) is 19.0. The molecule has 1 aromatic heterocycles. The lowest BCUT2D eigenvalue weighted by molar-refractivity contribution is -0.134. The first-order valence-electron chi connectivity index (χ1n) is 10.4. The maximum absolute atomic E-state index is 13.0. The highest BCUT2D eigenvalue weighted by Gasteiger charge is 2.27. The highest BCUT2D eigenvalue weighted by molar-refractivity contribution is 5.97. The van der Waals surface area contributed by atoms with Crippen LogP contribution in [0.1, 0.15) is 24.0 Å². The van der Waals surface area contributed by atoms with Gasteiger partial charge in [-0.25, -0.2) is 0 Å². The Labute approximate surface area is 176 Å². The van der Waals surface area contributed by atoms with Crippen molar-refractivity contribution in [2.45, 2.75) is 25.3 Å². The van der Waals surface area contributed by atoms with Crippen molar-refractivity contribution in [3.8, 4) is 0 Å². The molecule has 0 bridgehead atoms. The largest absolute Gasteiger partial charge is 0.341 e. The minimum Gasteiger partial charge on any atom is -0.341 e. The zero-order chi connectivity index (χ0) is 20.8. The van der Waals surface area contributed by atoms with Gasteiger partial charge in [0.1, 0.15) is 6.04 Å². The molecule has 5 nitrogen and oxygen atoms in total. The van der Waals surface area contributed by atoms with E-state index in [9.17, 15) is 9.59 Å². The van der Waals surface area contributed by atoms with Gasteiger partial charge in [-0.05, 0) is 30.5 Å². The van der Waals surface area contributed by atoms with Gasteiger partial charge in [-0.1, -0.05) is 54.6 Å². The quantitative estimate of drug-likeness (QED) is 0.644. The lowest BCUT2D eigenvalue weighted by Gasteiger charge is -2.23. The first-order chi connectivity index (χ1) is 14.7. The molecule has 2 aromatic carbocycles. The lowest BCUT2D eigenvalue weighted by Crippen LogP contribution is -2.48. The molecule has 0 saturated carbocycles. The van der Waals surface area contributed by atoms with Crippen LogP contribution in [0.5, 0.6) is 0 Å². The average Bonchev–Trinajstić information content (AvgIpc) is 3.32. The van der Waals surface area contributed by atoms with E-state index in [-0.39, 0.29) is 11.8 Å². The van der Waals surface area contributed by atoms with Crippen LogP contribution in [0.15, 0.2) is 72.9 Å². The summed E-state index contributed by atoms with van der Waals surface area (Å²) >= 11 is 0. The third-order valence-corrected chi connectivity index (χ3v) is 5.39. The molecule has 152 valence electrons. The lowest BCUT2D eigenvalue weighted by atomic mass is 10.0.